The van der Waals surface area contributed by atoms with Crippen LogP contribution in [0.4, 0.5) is 0 Å². The summed E-state index contributed by atoms with van der Waals surface area (Å²) in [5.74, 6) is 0. The molecule has 0 bridgehead atoms. The summed E-state index contributed by atoms with van der Waals surface area (Å²) in [6, 6.07) is 8.68. The van der Waals surface area contributed by atoms with E-state index in [1.54, 1.807) is 24.2 Å². The lowest BCUT2D eigenvalue weighted by atomic mass is 9.87. The van der Waals surface area contributed by atoms with Crippen molar-refractivity contribution in [2.75, 3.05) is 0 Å². The first-order valence-electron chi connectivity index (χ1n) is 6.03. The lowest BCUT2D eigenvalue weighted by Gasteiger charge is -2.19. The molecule has 2 aromatic rings. The van der Waals surface area contributed by atoms with Gasteiger partial charge in [0.2, 0.25) is 0 Å². The first-order valence-corrected chi connectivity index (χ1v) is 6.84. The Kier molecular flexibility index (Phi) is 3.71. The smallest absolute Gasteiger partial charge is 0.122 e. The van der Waals surface area contributed by atoms with Gasteiger partial charge < -0.3 is 0 Å². The van der Waals surface area contributed by atoms with Crippen molar-refractivity contribution >= 4 is 11.8 Å². The second-order valence-corrected chi connectivity index (χ2v) is 6.39. The fraction of sp³-hybridized carbons (Fsp3) is 0.333. The summed E-state index contributed by atoms with van der Waals surface area (Å²) < 4.78 is 0. The zero-order chi connectivity index (χ0) is 13.2. The van der Waals surface area contributed by atoms with Gasteiger partial charge in [0.25, 0.3) is 0 Å². The zero-order valence-corrected chi connectivity index (χ0v) is 12.1. The minimum Gasteiger partial charge on any atom is -0.257 e. The molecule has 1 heterocycles. The largest absolute Gasteiger partial charge is 0.257 e. The standard InChI is InChI=1S/C15H18N2S/c1-11-14(17-10-9-16-11)18-13-7-5-12(6-8-13)15(2,3)4/h5-10H,1-4H3. The van der Waals surface area contributed by atoms with Crippen molar-refractivity contribution in [3.05, 3.63) is 47.9 Å². The maximum absolute atomic E-state index is 4.35. The van der Waals surface area contributed by atoms with Crippen LogP contribution in [0.3, 0.4) is 0 Å². The van der Waals surface area contributed by atoms with Gasteiger partial charge in [-0.3, -0.25) is 4.98 Å². The molecule has 0 saturated heterocycles. The molecule has 0 radical (unpaired) electrons. The fourth-order valence-corrected chi connectivity index (χ4v) is 2.44. The summed E-state index contributed by atoms with van der Waals surface area (Å²) in [6.45, 7) is 8.66. The SMILES string of the molecule is Cc1nccnc1Sc1ccc(C(C)(C)C)cc1. The van der Waals surface area contributed by atoms with Crippen molar-refractivity contribution in [1.82, 2.24) is 9.97 Å². The van der Waals surface area contributed by atoms with Crippen molar-refractivity contribution in [3.63, 3.8) is 0 Å². The van der Waals surface area contributed by atoms with E-state index in [-0.39, 0.29) is 5.41 Å². The van der Waals surface area contributed by atoms with Gasteiger partial charge in [0.1, 0.15) is 5.03 Å². The molecular weight excluding hydrogens is 240 g/mol. The van der Waals surface area contributed by atoms with Crippen LogP contribution in [0.2, 0.25) is 0 Å². The number of aryl methyl sites for hydroxylation is 1. The van der Waals surface area contributed by atoms with E-state index in [1.165, 1.54) is 10.5 Å². The van der Waals surface area contributed by atoms with Crippen molar-refractivity contribution in [2.24, 2.45) is 0 Å². The van der Waals surface area contributed by atoms with E-state index in [0.29, 0.717) is 0 Å². The van der Waals surface area contributed by atoms with E-state index in [9.17, 15) is 0 Å². The highest BCUT2D eigenvalue weighted by Crippen LogP contribution is 2.30. The van der Waals surface area contributed by atoms with Gasteiger partial charge in [-0.2, -0.15) is 0 Å². The highest BCUT2D eigenvalue weighted by molar-refractivity contribution is 7.99. The average Bonchev–Trinajstić information content (AvgIpc) is 2.32. The van der Waals surface area contributed by atoms with E-state index in [4.69, 9.17) is 0 Å². The molecule has 0 fully saturated rings. The lowest BCUT2D eigenvalue weighted by molar-refractivity contribution is 0.590. The van der Waals surface area contributed by atoms with Gasteiger partial charge >= 0.3 is 0 Å². The normalized spacial score (nSPS) is 11.6. The molecule has 0 aliphatic rings. The molecular formula is C15H18N2S. The molecule has 1 aromatic carbocycles. The van der Waals surface area contributed by atoms with E-state index in [1.807, 2.05) is 6.92 Å². The third kappa shape index (κ3) is 3.10. The molecule has 0 unspecified atom stereocenters. The summed E-state index contributed by atoms with van der Waals surface area (Å²) in [5.41, 5.74) is 2.52. The second kappa shape index (κ2) is 5.11. The van der Waals surface area contributed by atoms with Gasteiger partial charge in [0.15, 0.2) is 0 Å². The number of rotatable bonds is 2. The summed E-state index contributed by atoms with van der Waals surface area (Å²) >= 11 is 1.66. The quantitative estimate of drug-likeness (QED) is 0.806. The molecule has 94 valence electrons. The first-order chi connectivity index (χ1) is 8.47. The molecule has 0 aliphatic heterocycles. The molecule has 0 N–H and O–H groups in total. The van der Waals surface area contributed by atoms with Gasteiger partial charge in [0, 0.05) is 17.3 Å². The second-order valence-electron chi connectivity index (χ2n) is 5.32. The summed E-state index contributed by atoms with van der Waals surface area (Å²) in [6.07, 6.45) is 3.46. The molecule has 0 saturated carbocycles. The molecule has 2 nitrogen and oxygen atoms in total. The van der Waals surface area contributed by atoms with Crippen molar-refractivity contribution < 1.29 is 0 Å². The van der Waals surface area contributed by atoms with Crippen molar-refractivity contribution in [3.8, 4) is 0 Å². The predicted octanol–water partition coefficient (Wildman–Crippen LogP) is 4.23. The lowest BCUT2D eigenvalue weighted by Crippen LogP contribution is -2.10. The summed E-state index contributed by atoms with van der Waals surface area (Å²) in [5, 5.41) is 0.973. The number of nitrogens with zero attached hydrogens (tertiary/aromatic N) is 2. The van der Waals surface area contributed by atoms with Gasteiger partial charge in [-0.15, -0.1) is 0 Å². The summed E-state index contributed by atoms with van der Waals surface area (Å²) in [4.78, 5) is 9.79. The van der Waals surface area contributed by atoms with E-state index in [0.717, 1.165) is 10.7 Å². The maximum atomic E-state index is 4.35. The number of aromatic nitrogens is 2. The third-order valence-corrected chi connectivity index (χ3v) is 3.87. The molecule has 3 heteroatoms. The van der Waals surface area contributed by atoms with Crippen molar-refractivity contribution in [1.29, 1.82) is 0 Å². The van der Waals surface area contributed by atoms with Crippen LogP contribution < -0.4 is 0 Å². The molecule has 2 rings (SSSR count). The Hall–Kier alpha value is -1.35. The van der Waals surface area contributed by atoms with E-state index in [2.05, 4.69) is 55.0 Å². The number of hydrogen-bond acceptors (Lipinski definition) is 3. The zero-order valence-electron chi connectivity index (χ0n) is 11.3. The molecule has 0 atom stereocenters. The Morgan fingerprint density at radius 3 is 2.11 bits per heavy atom. The van der Waals surface area contributed by atoms with Crippen LogP contribution in [0.25, 0.3) is 0 Å². The fourth-order valence-electron chi connectivity index (χ4n) is 1.63. The maximum Gasteiger partial charge on any atom is 0.122 e. The monoisotopic (exact) mass is 258 g/mol. The van der Waals surface area contributed by atoms with Gasteiger partial charge in [0.05, 0.1) is 5.69 Å². The van der Waals surface area contributed by atoms with Crippen LogP contribution in [-0.4, -0.2) is 9.97 Å². The Bertz CT molecular complexity index is 527. The Balaban J connectivity index is 2.19. The highest BCUT2D eigenvalue weighted by atomic mass is 32.2. The Morgan fingerprint density at radius 2 is 1.56 bits per heavy atom. The van der Waals surface area contributed by atoms with E-state index < -0.39 is 0 Å². The van der Waals surface area contributed by atoms with Gasteiger partial charge in [-0.1, -0.05) is 44.7 Å². The van der Waals surface area contributed by atoms with Crippen LogP contribution >= 0.6 is 11.8 Å². The predicted molar refractivity (Wildman–Crippen MR) is 76.0 cm³/mol. The average molecular weight is 258 g/mol. The Labute approximate surface area is 113 Å². The van der Waals surface area contributed by atoms with Gasteiger partial charge in [-0.25, -0.2) is 4.98 Å². The highest BCUT2D eigenvalue weighted by Gasteiger charge is 2.13. The third-order valence-electron chi connectivity index (χ3n) is 2.77. The van der Waals surface area contributed by atoms with E-state index >= 15 is 0 Å². The minimum atomic E-state index is 0.200. The van der Waals surface area contributed by atoms with Crippen LogP contribution in [0.1, 0.15) is 32.0 Å². The molecule has 18 heavy (non-hydrogen) atoms. The number of benzene rings is 1. The van der Waals surface area contributed by atoms with Gasteiger partial charge in [-0.05, 0) is 30.0 Å². The molecule has 0 amide bonds. The first kappa shape index (κ1) is 13.1. The van der Waals surface area contributed by atoms with Crippen LogP contribution in [0, 0.1) is 6.92 Å². The molecule has 0 spiro atoms. The molecule has 1 aromatic heterocycles. The molecule has 0 aliphatic carbocycles. The Morgan fingerprint density at radius 1 is 0.944 bits per heavy atom. The van der Waals surface area contributed by atoms with Crippen LogP contribution in [-0.2, 0) is 5.41 Å². The van der Waals surface area contributed by atoms with Crippen LogP contribution in [0.15, 0.2) is 46.6 Å². The number of hydrogen-bond donors (Lipinski definition) is 0. The van der Waals surface area contributed by atoms with Crippen LogP contribution in [0.5, 0.6) is 0 Å². The topological polar surface area (TPSA) is 25.8 Å². The van der Waals surface area contributed by atoms with Crippen molar-refractivity contribution in [2.45, 2.75) is 43.0 Å². The summed E-state index contributed by atoms with van der Waals surface area (Å²) in [7, 11) is 0. The minimum absolute atomic E-state index is 0.200.